The molecule has 2 unspecified atom stereocenters. The van der Waals surface area contributed by atoms with Gasteiger partial charge in [0.25, 0.3) is 5.91 Å². The summed E-state index contributed by atoms with van der Waals surface area (Å²) in [4.78, 5) is 17.1. The van der Waals surface area contributed by atoms with Gasteiger partial charge in [-0.1, -0.05) is 18.3 Å². The van der Waals surface area contributed by atoms with Crippen molar-refractivity contribution in [1.29, 1.82) is 0 Å². The summed E-state index contributed by atoms with van der Waals surface area (Å²) >= 11 is 1.37. The van der Waals surface area contributed by atoms with E-state index in [0.29, 0.717) is 28.7 Å². The molecule has 0 aliphatic heterocycles. The van der Waals surface area contributed by atoms with Crippen LogP contribution in [-0.2, 0) is 0 Å². The molecule has 0 radical (unpaired) electrons. The van der Waals surface area contributed by atoms with Crippen LogP contribution < -0.4 is 16.4 Å². The highest BCUT2D eigenvalue weighted by Gasteiger charge is 2.26. The number of nitrogens with zero attached hydrogens (tertiary/aromatic N) is 1. The lowest BCUT2D eigenvalue weighted by Crippen LogP contribution is -2.32. The van der Waals surface area contributed by atoms with E-state index in [4.69, 9.17) is 5.73 Å². The predicted molar refractivity (Wildman–Crippen MR) is 82.1 cm³/mol. The van der Waals surface area contributed by atoms with E-state index >= 15 is 0 Å². The van der Waals surface area contributed by atoms with Gasteiger partial charge in [0.2, 0.25) is 0 Å². The zero-order valence-corrected chi connectivity index (χ0v) is 12.6. The molecule has 0 saturated heterocycles. The Hall–Kier alpha value is -1.30. The van der Waals surface area contributed by atoms with Gasteiger partial charge >= 0.3 is 0 Å². The van der Waals surface area contributed by atoms with Crippen LogP contribution in [0.25, 0.3) is 0 Å². The van der Waals surface area contributed by atoms with Crippen molar-refractivity contribution < 1.29 is 4.79 Å². The Morgan fingerprint density at radius 3 is 2.70 bits per heavy atom. The third-order valence-corrected chi connectivity index (χ3v) is 5.32. The largest absolute Gasteiger partial charge is 0.382 e. The molecule has 0 spiro atoms. The number of aromatic nitrogens is 1. The van der Waals surface area contributed by atoms with Gasteiger partial charge in [0.1, 0.15) is 10.7 Å². The first-order valence-corrected chi connectivity index (χ1v) is 8.27. The molecular formula is C14H22N4OS. The maximum Gasteiger partial charge on any atom is 0.265 e. The van der Waals surface area contributed by atoms with Gasteiger partial charge in [-0.2, -0.15) is 0 Å². The second kappa shape index (κ2) is 5.60. The van der Waals surface area contributed by atoms with E-state index in [0.717, 1.165) is 18.0 Å². The number of anilines is 2. The topological polar surface area (TPSA) is 80.0 Å². The van der Waals surface area contributed by atoms with Crippen LogP contribution in [0.5, 0.6) is 0 Å². The van der Waals surface area contributed by atoms with Crippen molar-refractivity contribution in [3.05, 3.63) is 4.88 Å². The zero-order valence-electron chi connectivity index (χ0n) is 11.8. The van der Waals surface area contributed by atoms with E-state index in [2.05, 4.69) is 22.5 Å². The number of thiazole rings is 1. The standard InChI is InChI=1S/C14H22N4OS/c1-8-5-6-10(7-8)16-13(19)11-12(15)18-14(20-11)17-9-3-2-4-9/h8-10H,2-7,15H2,1H3,(H,16,19)(H,17,18). The molecule has 2 saturated carbocycles. The van der Waals surface area contributed by atoms with Crippen LogP contribution >= 0.6 is 11.3 Å². The van der Waals surface area contributed by atoms with Gasteiger partial charge in [-0.3, -0.25) is 4.79 Å². The summed E-state index contributed by atoms with van der Waals surface area (Å²) in [6.07, 6.45) is 6.96. The molecule has 0 bridgehead atoms. The first kappa shape index (κ1) is 13.7. The Bertz CT molecular complexity index is 497. The van der Waals surface area contributed by atoms with Crippen LogP contribution in [0.4, 0.5) is 10.9 Å². The summed E-state index contributed by atoms with van der Waals surface area (Å²) in [5.74, 6) is 0.982. The SMILES string of the molecule is CC1CCC(NC(=O)c2sc(NC3CCC3)nc2N)C1. The first-order valence-electron chi connectivity index (χ1n) is 7.45. The highest BCUT2D eigenvalue weighted by atomic mass is 32.1. The minimum atomic E-state index is -0.0687. The number of hydrogen-bond acceptors (Lipinski definition) is 5. The molecule has 1 heterocycles. The fourth-order valence-electron chi connectivity index (χ4n) is 2.87. The molecule has 2 aliphatic carbocycles. The number of rotatable bonds is 4. The second-order valence-corrected chi connectivity index (χ2v) is 7.09. The molecular weight excluding hydrogens is 272 g/mol. The van der Waals surface area contributed by atoms with E-state index in [1.165, 1.54) is 37.0 Å². The number of amides is 1. The lowest BCUT2D eigenvalue weighted by atomic mass is 9.93. The molecule has 2 fully saturated rings. The Balaban J connectivity index is 1.61. The van der Waals surface area contributed by atoms with Gasteiger partial charge < -0.3 is 16.4 Å². The molecule has 20 heavy (non-hydrogen) atoms. The fourth-order valence-corrected chi connectivity index (χ4v) is 3.74. The quantitative estimate of drug-likeness (QED) is 0.797. The third kappa shape index (κ3) is 2.90. The predicted octanol–water partition coefficient (Wildman–Crippen LogP) is 2.61. The summed E-state index contributed by atoms with van der Waals surface area (Å²) in [5.41, 5.74) is 5.88. The normalized spacial score (nSPS) is 26.2. The molecule has 1 aromatic heterocycles. The molecule has 3 rings (SSSR count). The molecule has 2 aliphatic rings. The van der Waals surface area contributed by atoms with Crippen LogP contribution in [0.3, 0.4) is 0 Å². The van der Waals surface area contributed by atoms with Gasteiger partial charge in [-0.25, -0.2) is 4.98 Å². The summed E-state index contributed by atoms with van der Waals surface area (Å²) in [7, 11) is 0. The van der Waals surface area contributed by atoms with Crippen molar-refractivity contribution in [1.82, 2.24) is 10.3 Å². The van der Waals surface area contributed by atoms with E-state index < -0.39 is 0 Å². The Morgan fingerprint density at radius 1 is 1.30 bits per heavy atom. The van der Waals surface area contributed by atoms with Gasteiger partial charge in [0.05, 0.1) is 0 Å². The highest BCUT2D eigenvalue weighted by Crippen LogP contribution is 2.30. The molecule has 0 aromatic carbocycles. The summed E-state index contributed by atoms with van der Waals surface area (Å²) in [6.45, 7) is 2.23. The van der Waals surface area contributed by atoms with E-state index in [1.807, 2.05) is 0 Å². The average molecular weight is 294 g/mol. The van der Waals surface area contributed by atoms with E-state index in [1.54, 1.807) is 0 Å². The van der Waals surface area contributed by atoms with E-state index in [9.17, 15) is 4.79 Å². The zero-order chi connectivity index (χ0) is 14.1. The number of carbonyl (C=O) groups excluding carboxylic acids is 1. The fraction of sp³-hybridized carbons (Fsp3) is 0.714. The molecule has 4 N–H and O–H groups in total. The highest BCUT2D eigenvalue weighted by molar-refractivity contribution is 7.18. The first-order chi connectivity index (χ1) is 9.61. The average Bonchev–Trinajstić information content (AvgIpc) is 2.90. The minimum Gasteiger partial charge on any atom is -0.382 e. The lowest BCUT2D eigenvalue weighted by Gasteiger charge is -2.25. The second-order valence-electron chi connectivity index (χ2n) is 6.09. The summed E-state index contributed by atoms with van der Waals surface area (Å²) in [6, 6.07) is 0.800. The van der Waals surface area contributed by atoms with Crippen molar-refractivity contribution in [3.63, 3.8) is 0 Å². The van der Waals surface area contributed by atoms with Gasteiger partial charge in [0, 0.05) is 12.1 Å². The van der Waals surface area contributed by atoms with Crippen LogP contribution in [0.2, 0.25) is 0 Å². The Morgan fingerprint density at radius 2 is 2.10 bits per heavy atom. The maximum atomic E-state index is 12.3. The van der Waals surface area contributed by atoms with Gasteiger partial charge in [0.15, 0.2) is 5.13 Å². The van der Waals surface area contributed by atoms with E-state index in [-0.39, 0.29) is 5.91 Å². The smallest absolute Gasteiger partial charge is 0.265 e. The molecule has 110 valence electrons. The summed E-state index contributed by atoms with van der Waals surface area (Å²) in [5, 5.41) is 7.20. The van der Waals surface area contributed by atoms with Crippen molar-refractivity contribution >= 4 is 28.2 Å². The number of carbonyl (C=O) groups is 1. The van der Waals surface area contributed by atoms with Crippen molar-refractivity contribution in [3.8, 4) is 0 Å². The van der Waals surface area contributed by atoms with Gasteiger partial charge in [-0.05, 0) is 44.4 Å². The van der Waals surface area contributed by atoms with Crippen LogP contribution in [0.1, 0.15) is 55.1 Å². The Labute approximate surface area is 123 Å². The lowest BCUT2D eigenvalue weighted by molar-refractivity contribution is 0.0942. The minimum absolute atomic E-state index is 0.0687. The number of nitrogen functional groups attached to an aromatic ring is 1. The Kier molecular flexibility index (Phi) is 3.83. The number of hydrogen-bond donors (Lipinski definition) is 3. The molecule has 1 amide bonds. The molecule has 6 heteroatoms. The molecule has 2 atom stereocenters. The summed E-state index contributed by atoms with van der Waals surface area (Å²) < 4.78 is 0. The number of nitrogens with one attached hydrogen (secondary N) is 2. The van der Waals surface area contributed by atoms with Crippen LogP contribution in [0.15, 0.2) is 0 Å². The maximum absolute atomic E-state index is 12.3. The monoisotopic (exact) mass is 294 g/mol. The third-order valence-electron chi connectivity index (χ3n) is 4.32. The molecule has 5 nitrogen and oxygen atoms in total. The molecule has 1 aromatic rings. The number of nitrogens with two attached hydrogens (primary N) is 1. The van der Waals surface area contributed by atoms with Crippen LogP contribution in [-0.4, -0.2) is 23.0 Å². The van der Waals surface area contributed by atoms with Crippen molar-refractivity contribution in [2.75, 3.05) is 11.1 Å². The van der Waals surface area contributed by atoms with Crippen molar-refractivity contribution in [2.45, 2.75) is 57.5 Å². The van der Waals surface area contributed by atoms with Crippen molar-refractivity contribution in [2.24, 2.45) is 5.92 Å². The van der Waals surface area contributed by atoms with Gasteiger partial charge in [-0.15, -0.1) is 0 Å². The van der Waals surface area contributed by atoms with Crippen LogP contribution in [0, 0.1) is 5.92 Å².